The van der Waals surface area contributed by atoms with Crippen LogP contribution < -0.4 is 5.73 Å². The van der Waals surface area contributed by atoms with E-state index in [9.17, 15) is 4.79 Å². The molecule has 0 aliphatic carbocycles. The third-order valence-corrected chi connectivity index (χ3v) is 3.78. The van der Waals surface area contributed by atoms with E-state index in [1.165, 1.54) is 31.9 Å². The number of nitrogens with zero attached hydrogens (tertiary/aromatic N) is 1. The lowest BCUT2D eigenvalue weighted by molar-refractivity contribution is 0.0600. The maximum atomic E-state index is 11.4. The lowest BCUT2D eigenvalue weighted by Gasteiger charge is -2.35. The molecule has 1 aromatic rings. The van der Waals surface area contributed by atoms with Gasteiger partial charge in [-0.1, -0.05) is 18.6 Å². The SMILES string of the molecule is COC(=O)c1ccc(CN2CCCCC2CN)cc1. The van der Waals surface area contributed by atoms with Gasteiger partial charge in [-0.15, -0.1) is 0 Å². The fourth-order valence-corrected chi connectivity index (χ4v) is 2.63. The number of benzene rings is 1. The number of hydrogen-bond donors (Lipinski definition) is 1. The van der Waals surface area contributed by atoms with Crippen LogP contribution in [0.5, 0.6) is 0 Å². The number of likely N-dealkylation sites (tertiary alicyclic amines) is 1. The van der Waals surface area contributed by atoms with E-state index in [0.29, 0.717) is 11.6 Å². The first kappa shape index (κ1) is 14.0. The molecule has 1 aliphatic heterocycles. The quantitative estimate of drug-likeness (QED) is 0.840. The Labute approximate surface area is 114 Å². The molecule has 0 amide bonds. The van der Waals surface area contributed by atoms with Crippen molar-refractivity contribution < 1.29 is 9.53 Å². The molecule has 2 rings (SSSR count). The van der Waals surface area contributed by atoms with Crippen LogP contribution in [0, 0.1) is 0 Å². The molecule has 1 atom stereocenters. The second kappa shape index (κ2) is 6.68. The van der Waals surface area contributed by atoms with Gasteiger partial charge in [-0.3, -0.25) is 4.90 Å². The van der Waals surface area contributed by atoms with E-state index in [1.54, 1.807) is 0 Å². The number of rotatable bonds is 4. The van der Waals surface area contributed by atoms with Crippen molar-refractivity contribution in [3.8, 4) is 0 Å². The topological polar surface area (TPSA) is 55.6 Å². The average molecular weight is 262 g/mol. The van der Waals surface area contributed by atoms with Gasteiger partial charge in [0.05, 0.1) is 12.7 Å². The highest BCUT2D eigenvalue weighted by atomic mass is 16.5. The Morgan fingerprint density at radius 3 is 2.74 bits per heavy atom. The molecule has 1 unspecified atom stereocenters. The van der Waals surface area contributed by atoms with Crippen LogP contribution in [0.3, 0.4) is 0 Å². The zero-order chi connectivity index (χ0) is 13.7. The smallest absolute Gasteiger partial charge is 0.337 e. The van der Waals surface area contributed by atoms with Crippen molar-refractivity contribution in [3.05, 3.63) is 35.4 Å². The van der Waals surface area contributed by atoms with Gasteiger partial charge in [-0.25, -0.2) is 4.79 Å². The van der Waals surface area contributed by atoms with Gasteiger partial charge in [-0.05, 0) is 37.1 Å². The van der Waals surface area contributed by atoms with Crippen molar-refractivity contribution in [2.45, 2.75) is 31.8 Å². The number of hydrogen-bond acceptors (Lipinski definition) is 4. The van der Waals surface area contributed by atoms with Gasteiger partial charge in [0.1, 0.15) is 0 Å². The van der Waals surface area contributed by atoms with Crippen molar-refractivity contribution >= 4 is 5.97 Å². The summed E-state index contributed by atoms with van der Waals surface area (Å²) in [5.41, 5.74) is 7.64. The van der Waals surface area contributed by atoms with E-state index in [2.05, 4.69) is 4.90 Å². The Balaban J connectivity index is 2.00. The van der Waals surface area contributed by atoms with Crippen molar-refractivity contribution in [2.75, 3.05) is 20.2 Å². The minimum absolute atomic E-state index is 0.288. The van der Waals surface area contributed by atoms with Crippen molar-refractivity contribution in [3.63, 3.8) is 0 Å². The molecule has 104 valence electrons. The molecule has 1 heterocycles. The molecule has 0 saturated carbocycles. The van der Waals surface area contributed by atoms with Crippen LogP contribution in [0.2, 0.25) is 0 Å². The summed E-state index contributed by atoms with van der Waals surface area (Å²) >= 11 is 0. The molecule has 1 aliphatic rings. The van der Waals surface area contributed by atoms with Crippen LogP contribution in [0.15, 0.2) is 24.3 Å². The molecule has 4 heteroatoms. The summed E-state index contributed by atoms with van der Waals surface area (Å²) in [6.45, 7) is 2.74. The maximum absolute atomic E-state index is 11.4. The monoisotopic (exact) mass is 262 g/mol. The summed E-state index contributed by atoms with van der Waals surface area (Å²) in [7, 11) is 1.40. The second-order valence-corrected chi connectivity index (χ2v) is 5.04. The highest BCUT2D eigenvalue weighted by molar-refractivity contribution is 5.89. The summed E-state index contributed by atoms with van der Waals surface area (Å²) < 4.78 is 4.69. The maximum Gasteiger partial charge on any atom is 0.337 e. The minimum Gasteiger partial charge on any atom is -0.465 e. The summed E-state index contributed by atoms with van der Waals surface area (Å²) in [6.07, 6.45) is 3.72. The van der Waals surface area contributed by atoms with Crippen molar-refractivity contribution in [1.29, 1.82) is 0 Å². The Kier molecular flexibility index (Phi) is 4.93. The van der Waals surface area contributed by atoms with E-state index in [-0.39, 0.29) is 5.97 Å². The van der Waals surface area contributed by atoms with E-state index in [4.69, 9.17) is 10.5 Å². The molecule has 0 aromatic heterocycles. The van der Waals surface area contributed by atoms with Crippen molar-refractivity contribution in [1.82, 2.24) is 4.90 Å². The zero-order valence-electron chi connectivity index (χ0n) is 11.5. The van der Waals surface area contributed by atoms with Crippen molar-refractivity contribution in [2.24, 2.45) is 5.73 Å². The molecular formula is C15H22N2O2. The van der Waals surface area contributed by atoms with Gasteiger partial charge in [0.25, 0.3) is 0 Å². The molecule has 0 bridgehead atoms. The number of esters is 1. The molecule has 4 nitrogen and oxygen atoms in total. The van der Waals surface area contributed by atoms with Crippen LogP contribution in [-0.4, -0.2) is 37.1 Å². The lowest BCUT2D eigenvalue weighted by Crippen LogP contribution is -2.43. The first-order chi connectivity index (χ1) is 9.24. The molecule has 1 aromatic carbocycles. The molecule has 1 saturated heterocycles. The summed E-state index contributed by atoms with van der Waals surface area (Å²) in [4.78, 5) is 13.8. The predicted octanol–water partition coefficient (Wildman–Crippen LogP) is 1.79. The molecule has 2 N–H and O–H groups in total. The van der Waals surface area contributed by atoms with Gasteiger partial charge in [0.15, 0.2) is 0 Å². The molecular weight excluding hydrogens is 240 g/mol. The predicted molar refractivity (Wildman–Crippen MR) is 74.9 cm³/mol. The van der Waals surface area contributed by atoms with E-state index >= 15 is 0 Å². The van der Waals surface area contributed by atoms with Gasteiger partial charge in [0, 0.05) is 19.1 Å². The van der Waals surface area contributed by atoms with Crippen LogP contribution in [0.4, 0.5) is 0 Å². The van der Waals surface area contributed by atoms with Crippen LogP contribution >= 0.6 is 0 Å². The highest BCUT2D eigenvalue weighted by Crippen LogP contribution is 2.19. The Bertz CT molecular complexity index is 417. The van der Waals surface area contributed by atoms with E-state index in [0.717, 1.165) is 19.6 Å². The van der Waals surface area contributed by atoms with Gasteiger partial charge >= 0.3 is 5.97 Å². The second-order valence-electron chi connectivity index (χ2n) is 5.04. The fourth-order valence-electron chi connectivity index (χ4n) is 2.63. The number of carbonyl (C=O) groups is 1. The molecule has 1 fully saturated rings. The number of methoxy groups -OCH3 is 1. The largest absolute Gasteiger partial charge is 0.465 e. The van der Waals surface area contributed by atoms with E-state index in [1.807, 2.05) is 24.3 Å². The summed E-state index contributed by atoms with van der Waals surface area (Å²) in [5.74, 6) is -0.288. The molecule has 0 spiro atoms. The van der Waals surface area contributed by atoms with Crippen LogP contribution in [-0.2, 0) is 11.3 Å². The summed E-state index contributed by atoms with van der Waals surface area (Å²) in [6, 6.07) is 8.13. The van der Waals surface area contributed by atoms with Gasteiger partial charge in [0.2, 0.25) is 0 Å². The first-order valence-electron chi connectivity index (χ1n) is 6.86. The zero-order valence-corrected chi connectivity index (χ0v) is 11.5. The Hall–Kier alpha value is -1.39. The Morgan fingerprint density at radius 1 is 1.37 bits per heavy atom. The first-order valence-corrected chi connectivity index (χ1v) is 6.86. The number of nitrogens with two attached hydrogens (primary N) is 1. The van der Waals surface area contributed by atoms with E-state index < -0.39 is 0 Å². The van der Waals surface area contributed by atoms with Gasteiger partial charge < -0.3 is 10.5 Å². The lowest BCUT2D eigenvalue weighted by atomic mass is 10.0. The van der Waals surface area contributed by atoms with Crippen LogP contribution in [0.1, 0.15) is 35.2 Å². The van der Waals surface area contributed by atoms with Crippen LogP contribution in [0.25, 0.3) is 0 Å². The fraction of sp³-hybridized carbons (Fsp3) is 0.533. The normalized spacial score (nSPS) is 20.2. The summed E-state index contributed by atoms with van der Waals surface area (Å²) in [5, 5.41) is 0. The third kappa shape index (κ3) is 3.55. The Morgan fingerprint density at radius 2 is 2.11 bits per heavy atom. The standard InChI is InChI=1S/C15H22N2O2/c1-19-15(18)13-7-5-12(6-8-13)11-17-9-3-2-4-14(17)10-16/h5-8,14H,2-4,9-11,16H2,1H3. The molecule has 19 heavy (non-hydrogen) atoms. The molecule has 0 radical (unpaired) electrons. The highest BCUT2D eigenvalue weighted by Gasteiger charge is 2.20. The average Bonchev–Trinajstić information content (AvgIpc) is 2.48. The number of piperidine rings is 1. The number of ether oxygens (including phenoxy) is 1. The minimum atomic E-state index is -0.288. The third-order valence-electron chi connectivity index (χ3n) is 3.78. The number of carbonyl (C=O) groups excluding carboxylic acids is 1. The van der Waals surface area contributed by atoms with Gasteiger partial charge in [-0.2, -0.15) is 0 Å².